The number of hydrogen-bond acceptors (Lipinski definition) is 4. The fraction of sp³-hybridized carbons (Fsp3) is 0.111. The summed E-state index contributed by atoms with van der Waals surface area (Å²) in [6, 6.07) is 17.4. The average molecular weight is 294 g/mol. The minimum Gasteiger partial charge on any atom is -0.420 e. The molecular formula is C18H14O4. The van der Waals surface area contributed by atoms with E-state index in [2.05, 4.69) is 0 Å². The Morgan fingerprint density at radius 2 is 1.55 bits per heavy atom. The molecule has 0 bridgehead atoms. The van der Waals surface area contributed by atoms with E-state index < -0.39 is 17.5 Å². The van der Waals surface area contributed by atoms with Gasteiger partial charge in [-0.15, -0.1) is 0 Å². The lowest BCUT2D eigenvalue weighted by molar-refractivity contribution is -0.179. The first kappa shape index (κ1) is 14.2. The summed E-state index contributed by atoms with van der Waals surface area (Å²) >= 11 is 0. The number of Topliss-reactive ketones (excluding diaryl/α,β-unsaturated/α-hetero) is 1. The van der Waals surface area contributed by atoms with Gasteiger partial charge in [0.2, 0.25) is 0 Å². The van der Waals surface area contributed by atoms with E-state index in [0.29, 0.717) is 11.1 Å². The van der Waals surface area contributed by atoms with Crippen LogP contribution in [-0.4, -0.2) is 16.9 Å². The highest BCUT2D eigenvalue weighted by molar-refractivity contribution is 6.24. The van der Waals surface area contributed by atoms with Crippen LogP contribution in [0.25, 0.3) is 5.57 Å². The molecule has 110 valence electrons. The number of carbonyl (C=O) groups is 2. The molecule has 4 nitrogen and oxygen atoms in total. The second kappa shape index (κ2) is 5.24. The summed E-state index contributed by atoms with van der Waals surface area (Å²) < 4.78 is 5.20. The molecule has 1 aliphatic heterocycles. The Balaban J connectivity index is 2.28. The quantitative estimate of drug-likeness (QED) is 0.697. The van der Waals surface area contributed by atoms with Gasteiger partial charge in [-0.25, -0.2) is 4.79 Å². The van der Waals surface area contributed by atoms with E-state index in [0.717, 1.165) is 0 Å². The number of ketones is 1. The standard InChI is InChI=1S/C18H14O4/c1-12(19)15-16(13-8-4-2-5-9-13)18(21,22-17(15)20)14-10-6-3-7-11-14/h2-11,21H,1H3. The van der Waals surface area contributed by atoms with Crippen molar-refractivity contribution in [3.8, 4) is 0 Å². The maximum atomic E-state index is 12.1. The Kier molecular flexibility index (Phi) is 3.39. The SMILES string of the molecule is CC(=O)C1=C(c2ccccc2)C(O)(c2ccccc2)OC1=O. The number of aliphatic hydroxyl groups is 1. The molecule has 0 radical (unpaired) electrons. The summed E-state index contributed by atoms with van der Waals surface area (Å²) in [7, 11) is 0. The van der Waals surface area contributed by atoms with Crippen molar-refractivity contribution in [1.29, 1.82) is 0 Å². The van der Waals surface area contributed by atoms with Gasteiger partial charge in [-0.2, -0.15) is 0 Å². The topological polar surface area (TPSA) is 63.6 Å². The number of cyclic esters (lactones) is 1. The fourth-order valence-electron chi connectivity index (χ4n) is 2.64. The maximum Gasteiger partial charge on any atom is 0.345 e. The third-order valence-electron chi connectivity index (χ3n) is 3.61. The molecule has 4 heteroatoms. The van der Waals surface area contributed by atoms with Gasteiger partial charge < -0.3 is 9.84 Å². The molecule has 0 amide bonds. The number of ether oxygens (including phenoxy) is 1. The van der Waals surface area contributed by atoms with Crippen molar-refractivity contribution >= 4 is 17.3 Å². The van der Waals surface area contributed by atoms with Crippen LogP contribution in [0.4, 0.5) is 0 Å². The van der Waals surface area contributed by atoms with E-state index >= 15 is 0 Å². The second-order valence-electron chi connectivity index (χ2n) is 5.07. The predicted octanol–water partition coefficient (Wildman–Crippen LogP) is 2.43. The molecule has 0 saturated heterocycles. The zero-order valence-electron chi connectivity index (χ0n) is 11.9. The first-order valence-electron chi connectivity index (χ1n) is 6.86. The molecular weight excluding hydrogens is 280 g/mol. The van der Waals surface area contributed by atoms with Crippen LogP contribution in [0.2, 0.25) is 0 Å². The zero-order chi connectivity index (χ0) is 15.7. The third-order valence-corrected chi connectivity index (χ3v) is 3.61. The Hall–Kier alpha value is -2.72. The summed E-state index contributed by atoms with van der Waals surface area (Å²) in [6.45, 7) is 1.29. The smallest absolute Gasteiger partial charge is 0.345 e. The molecule has 0 fully saturated rings. The van der Waals surface area contributed by atoms with Crippen LogP contribution >= 0.6 is 0 Å². The van der Waals surface area contributed by atoms with Gasteiger partial charge >= 0.3 is 5.97 Å². The molecule has 3 rings (SSSR count). The van der Waals surface area contributed by atoms with E-state index in [1.54, 1.807) is 54.6 Å². The number of carbonyl (C=O) groups excluding carboxylic acids is 2. The minimum absolute atomic E-state index is 0.113. The molecule has 1 heterocycles. The molecule has 0 aliphatic carbocycles. The van der Waals surface area contributed by atoms with Crippen molar-refractivity contribution < 1.29 is 19.4 Å². The van der Waals surface area contributed by atoms with Gasteiger partial charge in [0.25, 0.3) is 5.79 Å². The molecule has 2 aromatic rings. The van der Waals surface area contributed by atoms with E-state index in [-0.39, 0.29) is 11.1 Å². The molecule has 1 aliphatic rings. The van der Waals surface area contributed by atoms with Crippen molar-refractivity contribution in [3.05, 3.63) is 77.4 Å². The van der Waals surface area contributed by atoms with E-state index in [1.807, 2.05) is 6.07 Å². The highest BCUT2D eigenvalue weighted by Crippen LogP contribution is 2.45. The van der Waals surface area contributed by atoms with Crippen LogP contribution in [0.3, 0.4) is 0 Å². The monoisotopic (exact) mass is 294 g/mol. The van der Waals surface area contributed by atoms with Gasteiger partial charge in [0.15, 0.2) is 5.78 Å². The van der Waals surface area contributed by atoms with Crippen molar-refractivity contribution in [3.63, 3.8) is 0 Å². The number of hydrogen-bond donors (Lipinski definition) is 1. The lowest BCUT2D eigenvalue weighted by atomic mass is 9.89. The summed E-state index contributed by atoms with van der Waals surface area (Å²) in [6.07, 6.45) is 0. The van der Waals surface area contributed by atoms with Gasteiger partial charge in [0, 0.05) is 5.56 Å². The normalized spacial score (nSPS) is 20.9. The van der Waals surface area contributed by atoms with Crippen molar-refractivity contribution in [1.82, 2.24) is 0 Å². The predicted molar refractivity (Wildman–Crippen MR) is 80.5 cm³/mol. The third kappa shape index (κ3) is 2.14. The Bertz CT molecular complexity index is 762. The van der Waals surface area contributed by atoms with Crippen LogP contribution in [0.15, 0.2) is 66.2 Å². The van der Waals surface area contributed by atoms with Crippen molar-refractivity contribution in [2.75, 3.05) is 0 Å². The van der Waals surface area contributed by atoms with Crippen molar-refractivity contribution in [2.24, 2.45) is 0 Å². The van der Waals surface area contributed by atoms with Gasteiger partial charge in [-0.1, -0.05) is 60.7 Å². The molecule has 1 N–H and O–H groups in total. The van der Waals surface area contributed by atoms with E-state index in [1.165, 1.54) is 6.92 Å². The molecule has 0 saturated carbocycles. The van der Waals surface area contributed by atoms with Gasteiger partial charge in [-0.3, -0.25) is 4.79 Å². The number of rotatable bonds is 3. The summed E-state index contributed by atoms with van der Waals surface area (Å²) in [4.78, 5) is 24.0. The van der Waals surface area contributed by atoms with Crippen LogP contribution in [0, 0.1) is 0 Å². The highest BCUT2D eigenvalue weighted by Gasteiger charge is 2.49. The first-order valence-corrected chi connectivity index (χ1v) is 6.86. The first-order chi connectivity index (χ1) is 10.5. The molecule has 0 spiro atoms. The largest absolute Gasteiger partial charge is 0.420 e. The summed E-state index contributed by atoms with van der Waals surface area (Å²) in [5.74, 6) is -3.20. The molecule has 2 aromatic carbocycles. The van der Waals surface area contributed by atoms with E-state index in [9.17, 15) is 14.7 Å². The van der Waals surface area contributed by atoms with Gasteiger partial charge in [0.1, 0.15) is 5.57 Å². The van der Waals surface area contributed by atoms with Crippen LogP contribution < -0.4 is 0 Å². The molecule has 22 heavy (non-hydrogen) atoms. The summed E-state index contributed by atoms with van der Waals surface area (Å²) in [5, 5.41) is 11.0. The van der Waals surface area contributed by atoms with Crippen LogP contribution in [0.5, 0.6) is 0 Å². The Morgan fingerprint density at radius 1 is 1.00 bits per heavy atom. The van der Waals surface area contributed by atoms with Gasteiger partial charge in [-0.05, 0) is 12.5 Å². The molecule has 1 atom stereocenters. The lowest BCUT2D eigenvalue weighted by Gasteiger charge is -2.25. The number of esters is 1. The Morgan fingerprint density at radius 3 is 2.09 bits per heavy atom. The Labute approximate surface area is 127 Å². The molecule has 1 unspecified atom stereocenters. The van der Waals surface area contributed by atoms with Crippen LogP contribution in [-0.2, 0) is 20.1 Å². The zero-order valence-corrected chi connectivity index (χ0v) is 11.9. The van der Waals surface area contributed by atoms with E-state index in [4.69, 9.17) is 4.74 Å². The fourth-order valence-corrected chi connectivity index (χ4v) is 2.64. The second-order valence-corrected chi connectivity index (χ2v) is 5.07. The maximum absolute atomic E-state index is 12.1. The average Bonchev–Trinajstić information content (AvgIpc) is 2.81. The molecule has 0 aromatic heterocycles. The minimum atomic E-state index is -1.96. The highest BCUT2D eigenvalue weighted by atomic mass is 16.7. The summed E-state index contributed by atoms with van der Waals surface area (Å²) in [5.41, 5.74) is 1.05. The number of benzene rings is 2. The van der Waals surface area contributed by atoms with Crippen LogP contribution in [0.1, 0.15) is 18.1 Å². The van der Waals surface area contributed by atoms with Gasteiger partial charge in [0.05, 0.1) is 5.57 Å². The lowest BCUT2D eigenvalue weighted by Crippen LogP contribution is -2.28. The van der Waals surface area contributed by atoms with Crippen molar-refractivity contribution in [2.45, 2.75) is 12.7 Å².